The molecule has 18 heavy (non-hydrogen) atoms. The Morgan fingerprint density at radius 3 is 2.22 bits per heavy atom. The molecule has 0 saturated heterocycles. The molecule has 1 rings (SSSR count). The first-order chi connectivity index (χ1) is 8.42. The van der Waals surface area contributed by atoms with Gasteiger partial charge in [-0.2, -0.15) is 13.2 Å². The normalized spacial score (nSPS) is 11.7. The molecule has 0 fully saturated rings. The number of halogens is 3. The lowest BCUT2D eigenvalue weighted by Crippen LogP contribution is -2.22. The summed E-state index contributed by atoms with van der Waals surface area (Å²) in [5.74, 6) is 0. The maximum Gasteiger partial charge on any atom is 0.416 e. The number of rotatable bonds is 5. The average Bonchev–Trinajstić information content (AvgIpc) is 2.29. The van der Waals surface area contributed by atoms with Crippen LogP contribution in [0, 0.1) is 0 Å². The molecule has 0 amide bonds. The lowest BCUT2D eigenvalue weighted by Gasteiger charge is -2.23. The van der Waals surface area contributed by atoms with Crippen molar-refractivity contribution in [1.29, 1.82) is 0 Å². The third-order valence-electron chi connectivity index (χ3n) is 2.57. The van der Waals surface area contributed by atoms with Gasteiger partial charge in [0.25, 0.3) is 0 Å². The molecule has 1 aromatic rings. The summed E-state index contributed by atoms with van der Waals surface area (Å²) in [4.78, 5) is 2.46. The summed E-state index contributed by atoms with van der Waals surface area (Å²) in [6, 6.07) is 4.13. The second kappa shape index (κ2) is 6.33. The summed E-state index contributed by atoms with van der Waals surface area (Å²) in [5.41, 5.74) is -0.00257. The van der Waals surface area contributed by atoms with Crippen molar-refractivity contribution >= 4 is 17.6 Å². The average molecular weight is 278 g/mol. The first-order valence-corrected chi connectivity index (χ1v) is 6.54. The zero-order valence-electron chi connectivity index (χ0n) is 10.6. The van der Waals surface area contributed by atoms with Crippen molar-refractivity contribution in [1.82, 2.24) is 4.72 Å². The van der Waals surface area contributed by atoms with Crippen LogP contribution in [0.1, 0.15) is 19.4 Å². The van der Waals surface area contributed by atoms with E-state index in [1.807, 2.05) is 18.7 Å². The number of hydrogen-bond acceptors (Lipinski definition) is 3. The van der Waals surface area contributed by atoms with Gasteiger partial charge in [0.05, 0.1) is 5.56 Å². The molecule has 0 bridgehead atoms. The topological polar surface area (TPSA) is 15.3 Å². The Morgan fingerprint density at radius 2 is 1.78 bits per heavy atom. The van der Waals surface area contributed by atoms with Gasteiger partial charge >= 0.3 is 6.18 Å². The van der Waals surface area contributed by atoms with Crippen LogP contribution in [0.4, 0.5) is 18.9 Å². The molecule has 0 aliphatic heterocycles. The monoisotopic (exact) mass is 278 g/mol. The fraction of sp³-hybridized carbons (Fsp3) is 0.500. The Balaban J connectivity index is 3.21. The van der Waals surface area contributed by atoms with Gasteiger partial charge in [-0.1, -0.05) is 0 Å². The van der Waals surface area contributed by atoms with Gasteiger partial charge < -0.3 is 4.90 Å². The number of alkyl halides is 3. The second-order valence-electron chi connectivity index (χ2n) is 3.69. The van der Waals surface area contributed by atoms with Crippen LogP contribution in [-0.4, -0.2) is 20.1 Å². The van der Waals surface area contributed by atoms with E-state index in [0.29, 0.717) is 23.7 Å². The molecule has 0 radical (unpaired) electrons. The predicted octanol–water partition coefficient (Wildman–Crippen LogP) is 3.78. The van der Waals surface area contributed by atoms with E-state index in [1.54, 1.807) is 13.1 Å². The minimum atomic E-state index is -4.31. The summed E-state index contributed by atoms with van der Waals surface area (Å²) in [5, 5.41) is 0. The summed E-state index contributed by atoms with van der Waals surface area (Å²) in [6.45, 7) is 5.21. The van der Waals surface area contributed by atoms with Crippen LogP contribution in [0.5, 0.6) is 0 Å². The van der Waals surface area contributed by atoms with Gasteiger partial charge in [0.1, 0.15) is 0 Å². The largest absolute Gasteiger partial charge is 0.416 e. The molecule has 0 atom stereocenters. The van der Waals surface area contributed by atoms with E-state index in [0.717, 1.165) is 6.07 Å². The quantitative estimate of drug-likeness (QED) is 0.825. The fourth-order valence-electron chi connectivity index (χ4n) is 1.70. The molecule has 1 N–H and O–H groups in total. The maximum atomic E-state index is 12.8. The molecule has 0 aliphatic carbocycles. The highest BCUT2D eigenvalue weighted by Gasteiger charge is 2.31. The van der Waals surface area contributed by atoms with Crippen molar-refractivity contribution in [2.45, 2.75) is 24.9 Å². The van der Waals surface area contributed by atoms with E-state index in [2.05, 4.69) is 4.72 Å². The molecule has 0 aliphatic rings. The van der Waals surface area contributed by atoms with Crippen molar-refractivity contribution in [2.24, 2.45) is 0 Å². The zero-order valence-corrected chi connectivity index (χ0v) is 11.5. The number of nitrogens with zero attached hydrogens (tertiary/aromatic N) is 1. The van der Waals surface area contributed by atoms with E-state index in [-0.39, 0.29) is 0 Å². The van der Waals surface area contributed by atoms with Gasteiger partial charge in [-0.05, 0) is 51.0 Å². The highest BCUT2D eigenvalue weighted by Crippen LogP contribution is 2.35. The Labute approximate surface area is 110 Å². The third-order valence-corrected chi connectivity index (χ3v) is 3.24. The van der Waals surface area contributed by atoms with Crippen LogP contribution in [0.15, 0.2) is 23.1 Å². The Bertz CT molecular complexity index is 389. The first-order valence-electron chi connectivity index (χ1n) is 5.73. The minimum absolute atomic E-state index is 0.564. The number of nitrogens with one attached hydrogen (secondary N) is 1. The summed E-state index contributed by atoms with van der Waals surface area (Å²) in [7, 11) is 1.68. The molecule has 0 spiro atoms. The van der Waals surface area contributed by atoms with Gasteiger partial charge in [-0.3, -0.25) is 4.72 Å². The van der Waals surface area contributed by atoms with Crippen molar-refractivity contribution in [3.05, 3.63) is 23.8 Å². The minimum Gasteiger partial charge on any atom is -0.372 e. The van der Waals surface area contributed by atoms with Crippen molar-refractivity contribution < 1.29 is 13.2 Å². The van der Waals surface area contributed by atoms with Gasteiger partial charge in [-0.25, -0.2) is 0 Å². The number of anilines is 1. The molecule has 0 aromatic heterocycles. The van der Waals surface area contributed by atoms with Gasteiger partial charge in [0.15, 0.2) is 0 Å². The van der Waals surface area contributed by atoms with Crippen LogP contribution in [0.3, 0.4) is 0 Å². The first kappa shape index (κ1) is 15.2. The summed E-state index contributed by atoms with van der Waals surface area (Å²) < 4.78 is 41.2. The Morgan fingerprint density at radius 1 is 1.17 bits per heavy atom. The molecular formula is C12H17F3N2S. The van der Waals surface area contributed by atoms with Gasteiger partial charge in [-0.15, -0.1) is 0 Å². The van der Waals surface area contributed by atoms with Gasteiger partial charge in [0.2, 0.25) is 0 Å². The van der Waals surface area contributed by atoms with Gasteiger partial charge in [0, 0.05) is 23.7 Å². The predicted molar refractivity (Wildman–Crippen MR) is 69.9 cm³/mol. The molecule has 2 nitrogen and oxygen atoms in total. The zero-order chi connectivity index (χ0) is 13.8. The lowest BCUT2D eigenvalue weighted by atomic mass is 10.2. The standard InChI is InChI=1S/C12H17F3N2S/c1-4-17(5-2)10-6-9(12(13,14)15)7-11(8-10)18-16-3/h6-8,16H,4-5H2,1-3H3. The number of benzene rings is 1. The highest BCUT2D eigenvalue weighted by atomic mass is 32.2. The van der Waals surface area contributed by atoms with E-state index < -0.39 is 11.7 Å². The van der Waals surface area contributed by atoms with E-state index in [1.165, 1.54) is 18.0 Å². The molecule has 0 saturated carbocycles. The highest BCUT2D eigenvalue weighted by molar-refractivity contribution is 7.97. The Hall–Kier alpha value is -0.880. The van der Waals surface area contributed by atoms with Crippen LogP contribution >= 0.6 is 11.9 Å². The lowest BCUT2D eigenvalue weighted by molar-refractivity contribution is -0.137. The summed E-state index contributed by atoms with van der Waals surface area (Å²) >= 11 is 1.18. The van der Waals surface area contributed by atoms with Crippen molar-refractivity contribution in [3.63, 3.8) is 0 Å². The van der Waals surface area contributed by atoms with Crippen LogP contribution in [-0.2, 0) is 6.18 Å². The SMILES string of the molecule is CCN(CC)c1cc(SNC)cc(C(F)(F)F)c1. The van der Waals surface area contributed by atoms with E-state index in [4.69, 9.17) is 0 Å². The molecule has 0 heterocycles. The maximum absolute atomic E-state index is 12.8. The third kappa shape index (κ3) is 3.81. The molecule has 102 valence electrons. The molecular weight excluding hydrogens is 261 g/mol. The fourth-order valence-corrected chi connectivity index (χ4v) is 2.30. The van der Waals surface area contributed by atoms with Crippen LogP contribution in [0.2, 0.25) is 0 Å². The molecule has 0 unspecified atom stereocenters. The second-order valence-corrected chi connectivity index (χ2v) is 4.78. The Kier molecular flexibility index (Phi) is 5.34. The molecule has 6 heteroatoms. The van der Waals surface area contributed by atoms with E-state index in [9.17, 15) is 13.2 Å². The smallest absolute Gasteiger partial charge is 0.372 e. The van der Waals surface area contributed by atoms with Crippen molar-refractivity contribution in [2.75, 3.05) is 25.0 Å². The van der Waals surface area contributed by atoms with Crippen molar-refractivity contribution in [3.8, 4) is 0 Å². The number of hydrogen-bond donors (Lipinski definition) is 1. The van der Waals surface area contributed by atoms with Crippen LogP contribution in [0.25, 0.3) is 0 Å². The van der Waals surface area contributed by atoms with Crippen LogP contribution < -0.4 is 9.62 Å². The van der Waals surface area contributed by atoms with E-state index >= 15 is 0 Å². The summed E-state index contributed by atoms with van der Waals surface area (Å²) in [6.07, 6.45) is -4.31. The molecule has 1 aromatic carbocycles.